The van der Waals surface area contributed by atoms with Crippen LogP contribution in [0.15, 0.2) is 18.2 Å². The van der Waals surface area contributed by atoms with Gasteiger partial charge in [0, 0.05) is 25.6 Å². The van der Waals surface area contributed by atoms with E-state index >= 15 is 0 Å². The summed E-state index contributed by atoms with van der Waals surface area (Å²) in [5.41, 5.74) is 9.81. The normalized spacial score (nSPS) is 21.2. The average Bonchev–Trinajstić information content (AvgIpc) is 2.75. The molecule has 0 aromatic heterocycles. The Bertz CT molecular complexity index is 461. The van der Waals surface area contributed by atoms with Gasteiger partial charge in [-0.3, -0.25) is 9.69 Å². The topological polar surface area (TPSA) is 46.3 Å². The summed E-state index contributed by atoms with van der Waals surface area (Å²) in [6.45, 7) is 1.88. The summed E-state index contributed by atoms with van der Waals surface area (Å²) >= 11 is 0. The van der Waals surface area contributed by atoms with E-state index in [4.69, 9.17) is 5.73 Å². The molecule has 0 fully saturated rings. The number of nitrogens with zero attached hydrogens (tertiary/aromatic N) is 1. The Morgan fingerprint density at radius 2 is 2.06 bits per heavy atom. The van der Waals surface area contributed by atoms with Gasteiger partial charge in [0.2, 0.25) is 5.91 Å². The largest absolute Gasteiger partial charge is 0.370 e. The molecule has 0 saturated carbocycles. The van der Waals surface area contributed by atoms with Crippen LogP contribution < -0.4 is 5.73 Å². The van der Waals surface area contributed by atoms with Crippen LogP contribution >= 0.6 is 12.4 Å². The Kier molecular flexibility index (Phi) is 3.93. The molecule has 0 radical (unpaired) electrons. The molecule has 1 heterocycles. The van der Waals surface area contributed by atoms with E-state index < -0.39 is 0 Å². The van der Waals surface area contributed by atoms with Crippen LogP contribution in [0.3, 0.4) is 0 Å². The number of rotatable bonds is 3. The molecule has 3 nitrogen and oxygen atoms in total. The molecule has 2 aliphatic rings. The highest BCUT2D eigenvalue weighted by Gasteiger charge is 2.32. The summed E-state index contributed by atoms with van der Waals surface area (Å²) < 4.78 is 0. The molecule has 1 aromatic carbocycles. The van der Waals surface area contributed by atoms with Crippen molar-refractivity contribution in [2.24, 2.45) is 5.73 Å². The van der Waals surface area contributed by atoms with E-state index in [0.717, 1.165) is 19.5 Å². The smallest absolute Gasteiger partial charge is 0.218 e. The zero-order valence-electron chi connectivity index (χ0n) is 10.4. The van der Waals surface area contributed by atoms with Crippen LogP contribution in [-0.4, -0.2) is 23.9 Å². The predicted octanol–water partition coefficient (Wildman–Crippen LogP) is 1.83. The van der Waals surface area contributed by atoms with Gasteiger partial charge >= 0.3 is 0 Å². The third kappa shape index (κ3) is 2.25. The highest BCUT2D eigenvalue weighted by Crippen LogP contribution is 2.40. The van der Waals surface area contributed by atoms with E-state index in [1.54, 1.807) is 5.56 Å². The fraction of sp³-hybridized carbons (Fsp3) is 0.500. The summed E-state index contributed by atoms with van der Waals surface area (Å²) in [4.78, 5) is 13.3. The Morgan fingerprint density at radius 3 is 2.78 bits per heavy atom. The number of carbonyl (C=O) groups is 1. The van der Waals surface area contributed by atoms with Crippen molar-refractivity contribution in [2.45, 2.75) is 31.7 Å². The number of carbonyl (C=O) groups excluding carboxylic acids is 1. The van der Waals surface area contributed by atoms with Crippen LogP contribution in [0.2, 0.25) is 0 Å². The van der Waals surface area contributed by atoms with Crippen LogP contribution in [0, 0.1) is 0 Å². The number of aryl methyl sites for hydroxylation is 1. The van der Waals surface area contributed by atoms with Gasteiger partial charge in [0.25, 0.3) is 0 Å². The highest BCUT2D eigenvalue weighted by atomic mass is 35.5. The predicted molar refractivity (Wildman–Crippen MR) is 73.8 cm³/mol. The van der Waals surface area contributed by atoms with Gasteiger partial charge in [-0.2, -0.15) is 0 Å². The maximum atomic E-state index is 10.9. The number of amides is 1. The second kappa shape index (κ2) is 5.29. The average molecular weight is 267 g/mol. The molecule has 1 aromatic rings. The number of nitrogens with two attached hydrogens (primary N) is 1. The maximum Gasteiger partial charge on any atom is 0.218 e. The first-order valence-electron chi connectivity index (χ1n) is 6.39. The van der Waals surface area contributed by atoms with Crippen LogP contribution in [0.4, 0.5) is 0 Å². The molecule has 0 saturated heterocycles. The molecule has 98 valence electrons. The first-order chi connectivity index (χ1) is 8.25. The second-order valence-corrected chi connectivity index (χ2v) is 5.05. The molecule has 1 aliphatic carbocycles. The highest BCUT2D eigenvalue weighted by molar-refractivity contribution is 5.85. The lowest BCUT2D eigenvalue weighted by Crippen LogP contribution is -2.36. The molecule has 0 bridgehead atoms. The van der Waals surface area contributed by atoms with Gasteiger partial charge < -0.3 is 5.73 Å². The van der Waals surface area contributed by atoms with Crippen LogP contribution in [0.25, 0.3) is 0 Å². The zero-order valence-corrected chi connectivity index (χ0v) is 11.2. The molecular weight excluding hydrogens is 248 g/mol. The van der Waals surface area contributed by atoms with Crippen molar-refractivity contribution in [3.8, 4) is 0 Å². The van der Waals surface area contributed by atoms with Crippen LogP contribution in [0.1, 0.15) is 35.6 Å². The minimum atomic E-state index is -0.193. The Hall–Kier alpha value is -1.06. The van der Waals surface area contributed by atoms with E-state index in [2.05, 4.69) is 23.1 Å². The molecule has 3 rings (SSSR count). The fourth-order valence-corrected chi connectivity index (χ4v) is 3.27. The quantitative estimate of drug-likeness (QED) is 0.907. The van der Waals surface area contributed by atoms with Gasteiger partial charge in [-0.15, -0.1) is 12.4 Å². The SMILES string of the molecule is Cl.NC(=O)CCN1CCc2cccc3c2C1CC3. The summed E-state index contributed by atoms with van der Waals surface area (Å²) in [7, 11) is 0. The van der Waals surface area contributed by atoms with Crippen molar-refractivity contribution in [3.05, 3.63) is 34.9 Å². The number of hydrogen-bond acceptors (Lipinski definition) is 2. The first kappa shape index (κ1) is 13.4. The molecule has 1 amide bonds. The van der Waals surface area contributed by atoms with Crippen molar-refractivity contribution in [2.75, 3.05) is 13.1 Å². The van der Waals surface area contributed by atoms with Gasteiger partial charge in [0.1, 0.15) is 0 Å². The van der Waals surface area contributed by atoms with Crippen molar-refractivity contribution in [1.29, 1.82) is 0 Å². The van der Waals surface area contributed by atoms with Gasteiger partial charge in [-0.05, 0) is 36.0 Å². The summed E-state index contributed by atoms with van der Waals surface area (Å²) in [6.07, 6.45) is 3.97. The minimum absolute atomic E-state index is 0. The molecular formula is C14H19ClN2O. The van der Waals surface area contributed by atoms with E-state index in [1.807, 2.05) is 0 Å². The maximum absolute atomic E-state index is 10.9. The number of hydrogen-bond donors (Lipinski definition) is 1. The van der Waals surface area contributed by atoms with Crippen molar-refractivity contribution < 1.29 is 4.79 Å². The van der Waals surface area contributed by atoms with Crippen LogP contribution in [0.5, 0.6) is 0 Å². The van der Waals surface area contributed by atoms with Crippen molar-refractivity contribution in [3.63, 3.8) is 0 Å². The van der Waals surface area contributed by atoms with Gasteiger partial charge in [0.05, 0.1) is 0 Å². The molecule has 4 heteroatoms. The third-order valence-corrected chi connectivity index (χ3v) is 4.06. The lowest BCUT2D eigenvalue weighted by atomic mass is 9.93. The monoisotopic (exact) mass is 266 g/mol. The summed E-state index contributed by atoms with van der Waals surface area (Å²) in [5.74, 6) is -0.193. The first-order valence-corrected chi connectivity index (χ1v) is 6.39. The zero-order chi connectivity index (χ0) is 11.8. The lowest BCUT2D eigenvalue weighted by Gasteiger charge is -2.34. The summed E-state index contributed by atoms with van der Waals surface area (Å²) in [6, 6.07) is 7.21. The molecule has 1 unspecified atom stereocenters. The second-order valence-electron chi connectivity index (χ2n) is 5.05. The number of benzene rings is 1. The number of primary amides is 1. The summed E-state index contributed by atoms with van der Waals surface area (Å²) in [5, 5.41) is 0. The van der Waals surface area contributed by atoms with E-state index in [1.165, 1.54) is 24.0 Å². The third-order valence-electron chi connectivity index (χ3n) is 4.06. The molecule has 1 atom stereocenters. The van der Waals surface area contributed by atoms with Crippen LogP contribution in [-0.2, 0) is 17.6 Å². The Labute approximate surface area is 114 Å². The van der Waals surface area contributed by atoms with E-state index in [-0.39, 0.29) is 18.3 Å². The molecule has 0 spiro atoms. The lowest BCUT2D eigenvalue weighted by molar-refractivity contribution is -0.118. The van der Waals surface area contributed by atoms with Crippen molar-refractivity contribution in [1.82, 2.24) is 4.90 Å². The van der Waals surface area contributed by atoms with Crippen molar-refractivity contribution >= 4 is 18.3 Å². The molecule has 1 aliphatic heterocycles. The number of halogens is 1. The van der Waals surface area contributed by atoms with Gasteiger partial charge in [-0.1, -0.05) is 18.2 Å². The van der Waals surface area contributed by atoms with Gasteiger partial charge in [-0.25, -0.2) is 0 Å². The minimum Gasteiger partial charge on any atom is -0.370 e. The Balaban J connectivity index is 0.00000120. The Morgan fingerprint density at radius 1 is 1.33 bits per heavy atom. The standard InChI is InChI=1S/C14H18N2O.ClH/c15-13(17)7-9-16-8-6-11-3-1-2-10-4-5-12(16)14(10)11;/h1-3,12H,4-9H2,(H2,15,17);1H. The molecule has 2 N–H and O–H groups in total. The van der Waals surface area contributed by atoms with Gasteiger partial charge in [0.15, 0.2) is 0 Å². The van der Waals surface area contributed by atoms with E-state index in [9.17, 15) is 4.79 Å². The van der Waals surface area contributed by atoms with E-state index in [0.29, 0.717) is 12.5 Å². The fourth-order valence-electron chi connectivity index (χ4n) is 3.27. The molecule has 18 heavy (non-hydrogen) atoms.